The monoisotopic (exact) mass is 373 g/mol. The molecule has 0 radical (unpaired) electrons. The summed E-state index contributed by atoms with van der Waals surface area (Å²) in [6, 6.07) is 8.13. The third-order valence-corrected chi connectivity index (χ3v) is 5.16. The number of fused-ring (bicyclic) bond motifs is 1. The molecule has 1 aliphatic heterocycles. The molecule has 2 heterocycles. The van der Waals surface area contributed by atoms with E-state index in [0.717, 1.165) is 47.7 Å². The first-order chi connectivity index (χ1) is 12.2. The molecule has 2 aliphatic rings. The second kappa shape index (κ2) is 8.01. The zero-order valence-corrected chi connectivity index (χ0v) is 15.6. The Labute approximate surface area is 159 Å². The van der Waals surface area contributed by atoms with Gasteiger partial charge in [-0.05, 0) is 49.9 Å². The highest BCUT2D eigenvalue weighted by molar-refractivity contribution is 5.88. The largest absolute Gasteiger partial charge is 0.366 e. The lowest BCUT2D eigenvalue weighted by atomic mass is 10.0. The Morgan fingerprint density at radius 2 is 1.77 bits per heavy atom. The standard InChI is InChI=1S/C19H23N5O.ClH/c1-12(25)23-16-4-2-13(3-5-16)18-10-22-19(11-21-18)24-17-6-14-8-20-9-15(14)7-17;/h2-5,10-11,14-15,17,20H,6-9H2,1H3,(H,22,24)(H,23,25);1H/t14-,15+,17+;. The van der Waals surface area contributed by atoms with Crippen molar-refractivity contribution in [3.63, 3.8) is 0 Å². The lowest BCUT2D eigenvalue weighted by Crippen LogP contribution is -2.21. The van der Waals surface area contributed by atoms with Crippen LogP contribution in [0.5, 0.6) is 0 Å². The highest BCUT2D eigenvalue weighted by atomic mass is 35.5. The van der Waals surface area contributed by atoms with Crippen LogP contribution in [0, 0.1) is 11.8 Å². The summed E-state index contributed by atoms with van der Waals surface area (Å²) in [4.78, 5) is 20.1. The predicted molar refractivity (Wildman–Crippen MR) is 106 cm³/mol. The summed E-state index contributed by atoms with van der Waals surface area (Å²) >= 11 is 0. The SMILES string of the molecule is CC(=O)Nc1ccc(-c2cnc(N[C@@H]3C[C@H]4CNC[C@H]4C3)cn2)cc1.Cl. The molecule has 7 heteroatoms. The minimum atomic E-state index is -0.0743. The van der Waals surface area contributed by atoms with Crippen LogP contribution in [0.2, 0.25) is 0 Å². The molecule has 1 amide bonds. The summed E-state index contributed by atoms with van der Waals surface area (Å²) in [5.41, 5.74) is 2.59. The van der Waals surface area contributed by atoms with Gasteiger partial charge in [0.2, 0.25) is 5.91 Å². The fraction of sp³-hybridized carbons (Fsp3) is 0.421. The van der Waals surface area contributed by atoms with E-state index in [-0.39, 0.29) is 18.3 Å². The molecule has 1 aliphatic carbocycles. The normalized spacial score (nSPS) is 23.8. The number of carbonyl (C=O) groups is 1. The zero-order chi connectivity index (χ0) is 17.2. The zero-order valence-electron chi connectivity index (χ0n) is 14.7. The average Bonchev–Trinajstić information content (AvgIpc) is 3.17. The molecule has 1 aromatic carbocycles. The van der Waals surface area contributed by atoms with Gasteiger partial charge in [-0.25, -0.2) is 4.98 Å². The van der Waals surface area contributed by atoms with E-state index in [0.29, 0.717) is 6.04 Å². The molecule has 2 fully saturated rings. The molecule has 1 saturated carbocycles. The summed E-state index contributed by atoms with van der Waals surface area (Å²) in [5.74, 6) is 2.39. The van der Waals surface area contributed by atoms with Gasteiger partial charge in [-0.1, -0.05) is 12.1 Å². The average molecular weight is 374 g/mol. The maximum Gasteiger partial charge on any atom is 0.221 e. The minimum Gasteiger partial charge on any atom is -0.366 e. The number of carbonyl (C=O) groups excluding carboxylic acids is 1. The van der Waals surface area contributed by atoms with Gasteiger partial charge in [0.05, 0.1) is 18.1 Å². The molecule has 6 nitrogen and oxygen atoms in total. The van der Waals surface area contributed by atoms with Crippen LogP contribution in [0.15, 0.2) is 36.7 Å². The Morgan fingerprint density at radius 1 is 1.08 bits per heavy atom. The van der Waals surface area contributed by atoms with Gasteiger partial charge in [0.15, 0.2) is 0 Å². The number of benzene rings is 1. The maximum absolute atomic E-state index is 11.1. The third-order valence-electron chi connectivity index (χ3n) is 5.16. The number of aromatic nitrogens is 2. The first kappa shape index (κ1) is 18.6. The molecular weight excluding hydrogens is 350 g/mol. The van der Waals surface area contributed by atoms with Crippen molar-refractivity contribution >= 4 is 29.8 Å². The van der Waals surface area contributed by atoms with Gasteiger partial charge in [-0.15, -0.1) is 12.4 Å². The lowest BCUT2D eigenvalue weighted by Gasteiger charge is -2.14. The molecule has 3 N–H and O–H groups in total. The van der Waals surface area contributed by atoms with Gasteiger partial charge < -0.3 is 16.0 Å². The molecule has 4 rings (SSSR count). The smallest absolute Gasteiger partial charge is 0.221 e. The van der Waals surface area contributed by atoms with E-state index in [2.05, 4.69) is 25.9 Å². The maximum atomic E-state index is 11.1. The van der Waals surface area contributed by atoms with Gasteiger partial charge in [0.1, 0.15) is 5.82 Å². The van der Waals surface area contributed by atoms with Crippen LogP contribution in [0.1, 0.15) is 19.8 Å². The van der Waals surface area contributed by atoms with E-state index in [1.165, 1.54) is 19.8 Å². The number of amides is 1. The summed E-state index contributed by atoms with van der Waals surface area (Å²) in [6.45, 7) is 3.81. The molecule has 1 saturated heterocycles. The predicted octanol–water partition coefficient (Wildman–Crippen LogP) is 2.93. The van der Waals surface area contributed by atoms with Crippen LogP contribution in [-0.4, -0.2) is 35.0 Å². The second-order valence-corrected chi connectivity index (χ2v) is 7.04. The highest BCUT2D eigenvalue weighted by Crippen LogP contribution is 2.35. The van der Waals surface area contributed by atoms with Crippen LogP contribution < -0.4 is 16.0 Å². The van der Waals surface area contributed by atoms with E-state index in [1.807, 2.05) is 30.5 Å². The summed E-state index contributed by atoms with van der Waals surface area (Å²) in [6.07, 6.45) is 6.04. The molecule has 0 bridgehead atoms. The summed E-state index contributed by atoms with van der Waals surface area (Å²) < 4.78 is 0. The van der Waals surface area contributed by atoms with E-state index in [4.69, 9.17) is 0 Å². The van der Waals surface area contributed by atoms with Crippen LogP contribution >= 0.6 is 12.4 Å². The number of halogens is 1. The van der Waals surface area contributed by atoms with Crippen molar-refractivity contribution in [1.82, 2.24) is 15.3 Å². The highest BCUT2D eigenvalue weighted by Gasteiger charge is 2.37. The molecule has 1 aromatic heterocycles. The van der Waals surface area contributed by atoms with E-state index < -0.39 is 0 Å². The number of nitrogens with one attached hydrogen (secondary N) is 3. The Balaban J connectivity index is 0.00000196. The molecule has 3 atom stereocenters. The van der Waals surface area contributed by atoms with E-state index >= 15 is 0 Å². The van der Waals surface area contributed by atoms with Gasteiger partial charge in [-0.2, -0.15) is 0 Å². The van der Waals surface area contributed by atoms with E-state index in [9.17, 15) is 4.79 Å². The van der Waals surface area contributed by atoms with Gasteiger partial charge >= 0.3 is 0 Å². The van der Waals surface area contributed by atoms with Crippen LogP contribution in [0.25, 0.3) is 11.3 Å². The third kappa shape index (κ3) is 4.14. The number of anilines is 2. The van der Waals surface area contributed by atoms with Crippen molar-refractivity contribution in [1.29, 1.82) is 0 Å². The molecule has 138 valence electrons. The first-order valence-electron chi connectivity index (χ1n) is 8.85. The van der Waals surface area contributed by atoms with Crippen LogP contribution in [-0.2, 0) is 4.79 Å². The number of hydrogen-bond acceptors (Lipinski definition) is 5. The molecule has 2 aromatic rings. The topological polar surface area (TPSA) is 78.9 Å². The fourth-order valence-electron chi connectivity index (χ4n) is 3.97. The fourth-order valence-corrected chi connectivity index (χ4v) is 3.97. The second-order valence-electron chi connectivity index (χ2n) is 7.04. The minimum absolute atomic E-state index is 0. The first-order valence-corrected chi connectivity index (χ1v) is 8.85. The van der Waals surface area contributed by atoms with Gasteiger partial charge in [0.25, 0.3) is 0 Å². The number of rotatable bonds is 4. The molecule has 0 spiro atoms. The molecule has 26 heavy (non-hydrogen) atoms. The van der Waals surface area contributed by atoms with Crippen molar-refractivity contribution in [2.24, 2.45) is 11.8 Å². The Kier molecular flexibility index (Phi) is 5.74. The summed E-state index contributed by atoms with van der Waals surface area (Å²) in [5, 5.41) is 9.76. The van der Waals surface area contributed by atoms with Crippen LogP contribution in [0.3, 0.4) is 0 Å². The number of nitrogens with zero attached hydrogens (tertiary/aromatic N) is 2. The van der Waals surface area contributed by atoms with Gasteiger partial charge in [0, 0.05) is 24.2 Å². The van der Waals surface area contributed by atoms with E-state index in [1.54, 1.807) is 6.20 Å². The Hall–Kier alpha value is -2.18. The molecule has 0 unspecified atom stereocenters. The van der Waals surface area contributed by atoms with Crippen molar-refractivity contribution < 1.29 is 4.79 Å². The summed E-state index contributed by atoms with van der Waals surface area (Å²) in [7, 11) is 0. The van der Waals surface area contributed by atoms with Crippen LogP contribution in [0.4, 0.5) is 11.5 Å². The lowest BCUT2D eigenvalue weighted by molar-refractivity contribution is -0.114. The number of hydrogen-bond donors (Lipinski definition) is 3. The van der Waals surface area contributed by atoms with Crippen molar-refractivity contribution in [3.8, 4) is 11.3 Å². The van der Waals surface area contributed by atoms with Crippen molar-refractivity contribution in [3.05, 3.63) is 36.7 Å². The quantitative estimate of drug-likeness (QED) is 0.768. The molecular formula is C19H24ClN5O. The van der Waals surface area contributed by atoms with Crippen molar-refractivity contribution in [2.45, 2.75) is 25.8 Å². The Morgan fingerprint density at radius 3 is 2.35 bits per heavy atom. The Bertz CT molecular complexity index is 738. The van der Waals surface area contributed by atoms with Crippen molar-refractivity contribution in [2.75, 3.05) is 23.7 Å². The van der Waals surface area contributed by atoms with Gasteiger partial charge in [-0.3, -0.25) is 9.78 Å².